The number of carbonyl (C=O) groups excluding carboxylic acids is 1. The molecule has 0 amide bonds. The summed E-state index contributed by atoms with van der Waals surface area (Å²) in [6, 6.07) is 1.80. The lowest BCUT2D eigenvalue weighted by atomic mass is 9.94. The summed E-state index contributed by atoms with van der Waals surface area (Å²) in [5.41, 5.74) is -0.422. The number of hydrogen-bond donors (Lipinski definition) is 2. The number of piperidine rings is 1. The summed E-state index contributed by atoms with van der Waals surface area (Å²) < 4.78 is 23.1. The van der Waals surface area contributed by atoms with Crippen LogP contribution < -0.4 is 15.2 Å². The fraction of sp³-hybridized carbons (Fsp3) is 0.636. The first-order valence-electron chi connectivity index (χ1n) is 11.6. The number of anilines is 1. The van der Waals surface area contributed by atoms with Crippen molar-refractivity contribution in [2.45, 2.75) is 38.6 Å². The molecule has 0 aromatic carbocycles. The molecule has 1 unspecified atom stereocenters. The molecule has 2 aliphatic rings. The molecule has 2 saturated heterocycles. The Bertz CT molecular complexity index is 1130. The molecule has 2 N–H and O–H groups in total. The van der Waals surface area contributed by atoms with Crippen LogP contribution in [0.15, 0.2) is 17.1 Å². The lowest BCUT2D eigenvalue weighted by Gasteiger charge is -2.33. The van der Waals surface area contributed by atoms with Gasteiger partial charge in [0.05, 0.1) is 26.1 Å². The number of carbonyl (C=O) groups is 1. The van der Waals surface area contributed by atoms with Gasteiger partial charge >= 0.3 is 7.60 Å². The Balaban J connectivity index is 1.51. The van der Waals surface area contributed by atoms with Gasteiger partial charge in [-0.1, -0.05) is 0 Å². The molecule has 0 radical (unpaired) electrons. The van der Waals surface area contributed by atoms with Crippen molar-refractivity contribution < 1.29 is 28.6 Å². The van der Waals surface area contributed by atoms with Gasteiger partial charge < -0.3 is 24.2 Å². The van der Waals surface area contributed by atoms with Crippen LogP contribution in [0.2, 0.25) is 0 Å². The van der Waals surface area contributed by atoms with Crippen molar-refractivity contribution in [3.05, 3.63) is 22.6 Å². The van der Waals surface area contributed by atoms with E-state index in [2.05, 4.69) is 15.0 Å². The van der Waals surface area contributed by atoms with Crippen molar-refractivity contribution in [1.82, 2.24) is 14.8 Å². The van der Waals surface area contributed by atoms with Gasteiger partial charge in [-0.25, -0.2) is 4.68 Å². The lowest BCUT2D eigenvalue weighted by Crippen LogP contribution is -2.35. The van der Waals surface area contributed by atoms with E-state index in [1.54, 1.807) is 12.3 Å². The molecular formula is C22H31N4O7P. The highest BCUT2D eigenvalue weighted by Gasteiger charge is 2.26. The minimum Gasteiger partial charge on any atom is -0.480 e. The third-order valence-electron chi connectivity index (χ3n) is 6.67. The van der Waals surface area contributed by atoms with E-state index in [1.165, 1.54) is 7.11 Å². The van der Waals surface area contributed by atoms with Crippen molar-refractivity contribution in [1.29, 1.82) is 0 Å². The van der Waals surface area contributed by atoms with Crippen molar-refractivity contribution >= 4 is 30.0 Å². The van der Waals surface area contributed by atoms with Crippen LogP contribution in [-0.4, -0.2) is 69.9 Å². The second kappa shape index (κ2) is 10.5. The molecule has 11 nitrogen and oxygen atoms in total. The fourth-order valence-corrected chi connectivity index (χ4v) is 5.35. The van der Waals surface area contributed by atoms with E-state index in [0.717, 1.165) is 30.4 Å². The van der Waals surface area contributed by atoms with Gasteiger partial charge in [-0.2, -0.15) is 10.1 Å². The average molecular weight is 494 g/mol. The monoisotopic (exact) mass is 494 g/mol. The van der Waals surface area contributed by atoms with E-state index in [0.29, 0.717) is 43.9 Å². The van der Waals surface area contributed by atoms with Gasteiger partial charge in [0.25, 0.3) is 5.56 Å². The van der Waals surface area contributed by atoms with Crippen molar-refractivity contribution in [3.8, 4) is 5.88 Å². The van der Waals surface area contributed by atoms with E-state index in [4.69, 9.17) is 19.3 Å². The van der Waals surface area contributed by atoms with E-state index in [9.17, 15) is 14.2 Å². The third-order valence-corrected chi connectivity index (χ3v) is 7.51. The van der Waals surface area contributed by atoms with Gasteiger partial charge in [0, 0.05) is 31.0 Å². The smallest absolute Gasteiger partial charge is 0.325 e. The minimum absolute atomic E-state index is 0.0705. The number of hydrogen-bond acceptors (Lipinski definition) is 8. The highest BCUT2D eigenvalue weighted by molar-refractivity contribution is 7.51. The van der Waals surface area contributed by atoms with Crippen LogP contribution in [0, 0.1) is 11.8 Å². The SMILES string of the molecule is COc1nc(N2CCC(CCP(=O)(O)O)CC2)cc2cnn(CC(=O)C3CCCOC3)c(=O)c12. The number of rotatable bonds is 8. The average Bonchev–Trinajstić information content (AvgIpc) is 2.84. The van der Waals surface area contributed by atoms with Gasteiger partial charge in [0.2, 0.25) is 5.88 Å². The second-order valence-electron chi connectivity index (χ2n) is 9.05. The number of Topliss-reactive ketones (excluding diaryl/α,β-unsaturated/α-hetero) is 1. The largest absolute Gasteiger partial charge is 0.480 e. The first-order valence-corrected chi connectivity index (χ1v) is 13.4. The first kappa shape index (κ1) is 24.8. The molecule has 2 fully saturated rings. The molecule has 4 heterocycles. The molecule has 0 saturated carbocycles. The Kier molecular flexibility index (Phi) is 7.67. The molecule has 2 aromatic heterocycles. The summed E-state index contributed by atoms with van der Waals surface area (Å²) in [6.45, 7) is 2.31. The van der Waals surface area contributed by atoms with Crippen molar-refractivity contribution in [2.75, 3.05) is 44.5 Å². The molecule has 34 heavy (non-hydrogen) atoms. The van der Waals surface area contributed by atoms with E-state index in [1.807, 2.05) is 0 Å². The number of nitrogens with zero attached hydrogens (tertiary/aromatic N) is 4. The Morgan fingerprint density at radius 1 is 1.29 bits per heavy atom. The number of pyridine rings is 1. The van der Waals surface area contributed by atoms with Gasteiger partial charge in [0.15, 0.2) is 5.78 Å². The third kappa shape index (κ3) is 5.83. The molecule has 1 atom stereocenters. The molecule has 0 aliphatic carbocycles. The maximum absolute atomic E-state index is 13.1. The first-order chi connectivity index (χ1) is 16.2. The maximum Gasteiger partial charge on any atom is 0.325 e. The van der Waals surface area contributed by atoms with Crippen LogP contribution in [0.5, 0.6) is 5.88 Å². The summed E-state index contributed by atoms with van der Waals surface area (Å²) in [4.78, 5) is 50.6. The van der Waals surface area contributed by atoms with Gasteiger partial charge in [0.1, 0.15) is 17.7 Å². The van der Waals surface area contributed by atoms with Crippen LogP contribution in [0.4, 0.5) is 5.82 Å². The number of methoxy groups -OCH3 is 1. The predicted molar refractivity (Wildman–Crippen MR) is 125 cm³/mol. The van der Waals surface area contributed by atoms with Crippen LogP contribution in [-0.2, 0) is 20.6 Å². The van der Waals surface area contributed by atoms with Crippen LogP contribution in [0.3, 0.4) is 0 Å². The normalized spacial score (nSPS) is 20.0. The predicted octanol–water partition coefficient (Wildman–Crippen LogP) is 1.58. The minimum atomic E-state index is -3.98. The Morgan fingerprint density at radius 2 is 2.06 bits per heavy atom. The molecule has 186 valence electrons. The Morgan fingerprint density at radius 3 is 2.71 bits per heavy atom. The molecule has 2 aliphatic heterocycles. The van der Waals surface area contributed by atoms with Gasteiger partial charge in [-0.05, 0) is 44.1 Å². The number of ether oxygens (including phenoxy) is 2. The zero-order valence-electron chi connectivity index (χ0n) is 19.3. The standard InChI is InChI=1S/C22H31N4O7P/c1-32-21-20-17(12-23-26(22(20)28)13-18(27)16-3-2-9-33-14-16)11-19(24-21)25-7-4-15(5-8-25)6-10-34(29,30)31/h11-12,15-16H,2-10,13-14H2,1H3,(H2,29,30,31). The lowest BCUT2D eigenvalue weighted by molar-refractivity contribution is -0.127. The molecule has 12 heteroatoms. The Hall–Kier alpha value is -2.33. The topological polar surface area (TPSA) is 144 Å². The van der Waals surface area contributed by atoms with Crippen LogP contribution in [0.1, 0.15) is 32.1 Å². The summed E-state index contributed by atoms with van der Waals surface area (Å²) in [5.74, 6) is 0.814. The van der Waals surface area contributed by atoms with E-state index in [-0.39, 0.29) is 41.6 Å². The quantitative estimate of drug-likeness (QED) is 0.519. The summed E-state index contributed by atoms with van der Waals surface area (Å²) in [7, 11) is -2.53. The zero-order chi connectivity index (χ0) is 24.3. The fourth-order valence-electron chi connectivity index (χ4n) is 4.65. The molecule has 4 rings (SSSR count). The second-order valence-corrected chi connectivity index (χ2v) is 10.8. The van der Waals surface area contributed by atoms with E-state index < -0.39 is 13.2 Å². The van der Waals surface area contributed by atoms with Gasteiger partial charge in [-0.15, -0.1) is 0 Å². The number of fused-ring (bicyclic) bond motifs is 1. The van der Waals surface area contributed by atoms with E-state index >= 15 is 0 Å². The molecule has 0 bridgehead atoms. The maximum atomic E-state index is 13.1. The summed E-state index contributed by atoms with van der Waals surface area (Å²) >= 11 is 0. The van der Waals surface area contributed by atoms with Crippen LogP contribution in [0.25, 0.3) is 10.8 Å². The van der Waals surface area contributed by atoms with Crippen LogP contribution >= 0.6 is 7.60 Å². The van der Waals surface area contributed by atoms with Gasteiger partial charge in [-0.3, -0.25) is 14.2 Å². The summed E-state index contributed by atoms with van der Waals surface area (Å²) in [5, 5.41) is 5.10. The zero-order valence-corrected chi connectivity index (χ0v) is 20.2. The van der Waals surface area contributed by atoms with Crippen molar-refractivity contribution in [3.63, 3.8) is 0 Å². The Labute approximate surface area is 197 Å². The number of aromatic nitrogens is 3. The molecular weight excluding hydrogens is 463 g/mol. The molecule has 2 aromatic rings. The molecule has 0 spiro atoms. The highest BCUT2D eigenvalue weighted by atomic mass is 31.2. The summed E-state index contributed by atoms with van der Waals surface area (Å²) in [6.07, 6.45) is 5.16. The number of ketones is 1. The van der Waals surface area contributed by atoms with Crippen molar-refractivity contribution in [2.24, 2.45) is 11.8 Å². The highest BCUT2D eigenvalue weighted by Crippen LogP contribution is 2.38.